The van der Waals surface area contributed by atoms with Crippen LogP contribution in [-0.2, 0) is 21.7 Å². The Bertz CT molecular complexity index is 1760. The fourth-order valence-electron chi connectivity index (χ4n) is 7.70. The van der Waals surface area contributed by atoms with Crippen molar-refractivity contribution < 1.29 is 28.9 Å². The largest absolute Gasteiger partial charge is 0.497 e. The summed E-state index contributed by atoms with van der Waals surface area (Å²) >= 11 is 0. The van der Waals surface area contributed by atoms with Crippen LogP contribution in [0.1, 0.15) is 34.8 Å². The van der Waals surface area contributed by atoms with Crippen LogP contribution in [0.3, 0.4) is 0 Å². The van der Waals surface area contributed by atoms with Crippen LogP contribution in [0.4, 0.5) is 11.4 Å². The molecule has 0 radical (unpaired) electrons. The molecule has 4 atom stereocenters. The molecule has 0 bridgehead atoms. The predicted octanol–water partition coefficient (Wildman–Crippen LogP) is 6.10. The number of methoxy groups -OCH3 is 2. The fraction of sp³-hybridized carbons (Fsp3) is 0.316. The molecular formula is C38H42N2O6Si. The molecule has 2 amide bonds. The van der Waals surface area contributed by atoms with Gasteiger partial charge >= 0.3 is 0 Å². The van der Waals surface area contributed by atoms with Gasteiger partial charge < -0.3 is 29.5 Å². The number of aliphatic hydroxyl groups is 1. The first kappa shape index (κ1) is 32.5. The van der Waals surface area contributed by atoms with Crippen molar-refractivity contribution in [3.63, 3.8) is 0 Å². The zero-order chi connectivity index (χ0) is 33.3. The Kier molecular flexibility index (Phi) is 8.98. The van der Waals surface area contributed by atoms with Crippen molar-refractivity contribution in [2.24, 2.45) is 5.92 Å². The maximum atomic E-state index is 14.8. The van der Waals surface area contributed by atoms with E-state index >= 15 is 0 Å². The number of hydrogen-bond acceptors (Lipinski definition) is 6. The predicted molar refractivity (Wildman–Crippen MR) is 186 cm³/mol. The first-order valence-corrected chi connectivity index (χ1v) is 19.1. The molecule has 2 N–H and O–H groups in total. The Labute approximate surface area is 277 Å². The average molecular weight is 651 g/mol. The second-order valence-electron chi connectivity index (χ2n) is 13.0. The third-order valence-electron chi connectivity index (χ3n) is 10.0. The summed E-state index contributed by atoms with van der Waals surface area (Å²) < 4.78 is 17.6. The van der Waals surface area contributed by atoms with E-state index in [1.165, 1.54) is 5.19 Å². The number of carbonyl (C=O) groups is 2. The van der Waals surface area contributed by atoms with E-state index in [1.807, 2.05) is 65.6 Å². The van der Waals surface area contributed by atoms with Crippen LogP contribution in [0.25, 0.3) is 0 Å². The lowest BCUT2D eigenvalue weighted by molar-refractivity contribution is -0.146. The number of hydrogen-bond donors (Lipinski definition) is 2. The molecule has 6 rings (SSSR count). The number of rotatable bonds is 10. The fourth-order valence-corrected chi connectivity index (χ4v) is 11.8. The molecule has 4 aromatic carbocycles. The molecule has 0 saturated carbocycles. The van der Waals surface area contributed by atoms with E-state index in [1.54, 1.807) is 38.5 Å². The molecular weight excluding hydrogens is 609 g/mol. The minimum Gasteiger partial charge on any atom is -0.497 e. The average Bonchev–Trinajstić information content (AvgIpc) is 3.51. The monoisotopic (exact) mass is 650 g/mol. The lowest BCUT2D eigenvalue weighted by Crippen LogP contribution is -2.51. The summed E-state index contributed by atoms with van der Waals surface area (Å²) in [6, 6.07) is 30.7. The summed E-state index contributed by atoms with van der Waals surface area (Å²) in [5, 5.41) is 14.4. The molecule has 2 heterocycles. The van der Waals surface area contributed by atoms with Crippen molar-refractivity contribution in [3.8, 4) is 11.5 Å². The first-order chi connectivity index (χ1) is 22.6. The standard InChI is InChI=1S/C38H42N2O6Si/c1-25-35(47(4,5)31-19-17-30(45-3)18-20-31)34(21-22-41)46-38(25)32-11-6-7-12-33(32)40(37(38)43)24-26-9-8-10-28(23-26)39-36(42)27-13-15-29(44-2)16-14-27/h6-20,23,25,34-35,41H,21-22,24H2,1-5H3,(H,39,42)/t25-,34+,35-,38+/m1/s1. The number of ether oxygens (including phenoxy) is 3. The molecule has 8 nitrogen and oxygen atoms in total. The van der Waals surface area contributed by atoms with E-state index in [-0.39, 0.29) is 36.0 Å². The van der Waals surface area contributed by atoms with Gasteiger partial charge in [-0.25, -0.2) is 0 Å². The summed E-state index contributed by atoms with van der Waals surface area (Å²) in [6.07, 6.45) is 0.168. The highest BCUT2D eigenvalue weighted by Crippen LogP contribution is 2.60. The molecule has 47 heavy (non-hydrogen) atoms. The molecule has 0 unspecified atom stereocenters. The van der Waals surface area contributed by atoms with Crippen LogP contribution in [-0.4, -0.2) is 51.9 Å². The summed E-state index contributed by atoms with van der Waals surface area (Å²) in [6.45, 7) is 7.10. The van der Waals surface area contributed by atoms with Crippen molar-refractivity contribution in [1.29, 1.82) is 0 Å². The SMILES string of the molecule is COc1ccc(C(=O)Nc2cccc(CN3C(=O)[C@@]4(O[C@@H](CCO)[C@H]([Si](C)(C)c5ccc(OC)cc5)[C@H]4C)c4ccccc43)c2)cc1. The highest BCUT2D eigenvalue weighted by atomic mass is 28.3. The summed E-state index contributed by atoms with van der Waals surface area (Å²) in [5.41, 5.74) is 2.62. The van der Waals surface area contributed by atoms with Crippen LogP contribution < -0.4 is 24.9 Å². The van der Waals surface area contributed by atoms with Crippen molar-refractivity contribution >= 4 is 36.4 Å². The van der Waals surface area contributed by atoms with Gasteiger partial charge in [0.05, 0.1) is 40.6 Å². The molecule has 1 saturated heterocycles. The lowest BCUT2D eigenvalue weighted by Gasteiger charge is -2.37. The Hall–Kier alpha value is -4.44. The second-order valence-corrected chi connectivity index (χ2v) is 17.6. The highest BCUT2D eigenvalue weighted by Gasteiger charge is 2.66. The Morgan fingerprint density at radius 1 is 0.936 bits per heavy atom. The number of nitrogens with zero attached hydrogens (tertiary/aromatic N) is 1. The molecule has 244 valence electrons. The molecule has 2 aliphatic heterocycles. The normalized spacial score (nSPS) is 22.0. The van der Waals surface area contributed by atoms with Gasteiger partial charge in [0.15, 0.2) is 5.60 Å². The third-order valence-corrected chi connectivity index (χ3v) is 14.4. The lowest BCUT2D eigenvalue weighted by atomic mass is 9.82. The van der Waals surface area contributed by atoms with Gasteiger partial charge in [-0.15, -0.1) is 0 Å². The maximum absolute atomic E-state index is 14.8. The quantitative estimate of drug-likeness (QED) is 0.201. The van der Waals surface area contributed by atoms with Gasteiger partial charge in [-0.3, -0.25) is 9.59 Å². The minimum absolute atomic E-state index is 0.0222. The number of anilines is 2. The first-order valence-electron chi connectivity index (χ1n) is 16.0. The number of fused-ring (bicyclic) bond motifs is 2. The van der Waals surface area contributed by atoms with E-state index in [0.29, 0.717) is 30.0 Å². The van der Waals surface area contributed by atoms with E-state index in [4.69, 9.17) is 14.2 Å². The van der Waals surface area contributed by atoms with Crippen LogP contribution in [0.5, 0.6) is 11.5 Å². The number of aliphatic hydroxyl groups excluding tert-OH is 1. The summed E-state index contributed by atoms with van der Waals surface area (Å²) in [7, 11) is 0.995. The van der Waals surface area contributed by atoms with Gasteiger partial charge in [0.25, 0.3) is 11.8 Å². The Morgan fingerprint density at radius 2 is 1.60 bits per heavy atom. The van der Waals surface area contributed by atoms with Crippen LogP contribution in [0, 0.1) is 5.92 Å². The van der Waals surface area contributed by atoms with Crippen LogP contribution in [0.2, 0.25) is 18.6 Å². The van der Waals surface area contributed by atoms with E-state index in [2.05, 4.69) is 37.5 Å². The number of benzene rings is 4. The molecule has 1 fully saturated rings. The number of carbonyl (C=O) groups excluding carboxylic acids is 2. The number of amides is 2. The van der Waals surface area contributed by atoms with Gasteiger partial charge in [0.1, 0.15) is 11.5 Å². The smallest absolute Gasteiger partial charge is 0.264 e. The van der Waals surface area contributed by atoms with Gasteiger partial charge in [-0.05, 0) is 72.1 Å². The van der Waals surface area contributed by atoms with Gasteiger partial charge in [-0.1, -0.05) is 67.7 Å². The Morgan fingerprint density at radius 3 is 2.26 bits per heavy atom. The van der Waals surface area contributed by atoms with Crippen molar-refractivity contribution in [2.75, 3.05) is 31.0 Å². The molecule has 0 aliphatic carbocycles. The number of nitrogens with one attached hydrogen (secondary N) is 1. The second kappa shape index (κ2) is 13.0. The van der Waals surface area contributed by atoms with E-state index in [9.17, 15) is 14.7 Å². The maximum Gasteiger partial charge on any atom is 0.264 e. The molecule has 9 heteroatoms. The van der Waals surface area contributed by atoms with Gasteiger partial charge in [0, 0.05) is 29.3 Å². The Balaban J connectivity index is 1.30. The third kappa shape index (κ3) is 5.73. The summed E-state index contributed by atoms with van der Waals surface area (Å²) in [5.74, 6) is 1.01. The molecule has 1 spiro atoms. The summed E-state index contributed by atoms with van der Waals surface area (Å²) in [4.78, 5) is 29.6. The van der Waals surface area contributed by atoms with E-state index < -0.39 is 13.7 Å². The number of para-hydroxylation sites is 1. The van der Waals surface area contributed by atoms with Gasteiger partial charge in [-0.2, -0.15) is 0 Å². The van der Waals surface area contributed by atoms with Crippen LogP contribution in [0.15, 0.2) is 97.1 Å². The molecule has 0 aromatic heterocycles. The minimum atomic E-state index is -2.25. The van der Waals surface area contributed by atoms with Crippen molar-refractivity contribution in [3.05, 3.63) is 114 Å². The topological polar surface area (TPSA) is 97.3 Å². The van der Waals surface area contributed by atoms with Crippen molar-refractivity contribution in [2.45, 2.75) is 50.2 Å². The highest BCUT2D eigenvalue weighted by molar-refractivity contribution is 6.91. The molecule has 4 aromatic rings. The van der Waals surface area contributed by atoms with Crippen LogP contribution >= 0.6 is 0 Å². The zero-order valence-electron chi connectivity index (χ0n) is 27.5. The van der Waals surface area contributed by atoms with Crippen molar-refractivity contribution in [1.82, 2.24) is 0 Å². The molecule has 2 aliphatic rings. The van der Waals surface area contributed by atoms with E-state index in [0.717, 1.165) is 22.6 Å². The zero-order valence-corrected chi connectivity index (χ0v) is 28.5. The van der Waals surface area contributed by atoms with Gasteiger partial charge in [0.2, 0.25) is 0 Å².